The molecule has 25 heavy (non-hydrogen) atoms. The van der Waals surface area contributed by atoms with Gasteiger partial charge >= 0.3 is 5.97 Å². The first-order chi connectivity index (χ1) is 12.1. The van der Waals surface area contributed by atoms with Crippen LogP contribution in [-0.2, 0) is 4.74 Å². The summed E-state index contributed by atoms with van der Waals surface area (Å²) in [5.41, 5.74) is 1.01. The van der Waals surface area contributed by atoms with Crippen molar-refractivity contribution in [1.82, 2.24) is 10.2 Å². The van der Waals surface area contributed by atoms with Gasteiger partial charge in [0.1, 0.15) is 11.3 Å². The topological polar surface area (TPSA) is 74.5 Å². The van der Waals surface area contributed by atoms with Gasteiger partial charge < -0.3 is 13.9 Å². The van der Waals surface area contributed by atoms with Gasteiger partial charge in [-0.15, -0.1) is 10.2 Å². The third-order valence-electron chi connectivity index (χ3n) is 3.47. The van der Waals surface area contributed by atoms with Gasteiger partial charge in [0.05, 0.1) is 7.11 Å². The molecule has 0 aliphatic rings. The standard InChI is InChI=1S/C18H15ClN2O4/c1-11(16-20-21-17(25-16)12-6-4-3-5-7-12)24-18(22)14-10-13(19)8-9-15(14)23-2/h3-11H,1-2H3. The molecule has 0 aliphatic heterocycles. The second-order valence-electron chi connectivity index (χ2n) is 5.20. The molecule has 1 heterocycles. The van der Waals surface area contributed by atoms with Gasteiger partial charge in [-0.25, -0.2) is 4.79 Å². The highest BCUT2D eigenvalue weighted by atomic mass is 35.5. The van der Waals surface area contributed by atoms with Crippen LogP contribution in [0, 0.1) is 0 Å². The average molecular weight is 359 g/mol. The van der Waals surface area contributed by atoms with Crippen LogP contribution < -0.4 is 4.74 Å². The molecule has 128 valence electrons. The summed E-state index contributed by atoms with van der Waals surface area (Å²) in [7, 11) is 1.47. The zero-order valence-corrected chi connectivity index (χ0v) is 14.4. The lowest BCUT2D eigenvalue weighted by Crippen LogP contribution is -2.11. The molecule has 2 aromatic carbocycles. The minimum Gasteiger partial charge on any atom is -0.496 e. The van der Waals surface area contributed by atoms with Crippen molar-refractivity contribution in [3.63, 3.8) is 0 Å². The predicted molar refractivity (Wildman–Crippen MR) is 91.6 cm³/mol. The molecule has 1 aromatic heterocycles. The first kappa shape index (κ1) is 17.0. The minimum atomic E-state index is -0.721. The monoisotopic (exact) mass is 358 g/mol. The molecule has 0 N–H and O–H groups in total. The molecule has 0 saturated heterocycles. The van der Waals surface area contributed by atoms with Crippen molar-refractivity contribution in [1.29, 1.82) is 0 Å². The summed E-state index contributed by atoms with van der Waals surface area (Å²) in [6, 6.07) is 14.1. The summed E-state index contributed by atoms with van der Waals surface area (Å²) < 4.78 is 16.1. The van der Waals surface area contributed by atoms with Crippen LogP contribution in [0.15, 0.2) is 52.9 Å². The number of carbonyl (C=O) groups excluding carboxylic acids is 1. The number of halogens is 1. The summed E-state index contributed by atoms with van der Waals surface area (Å²) >= 11 is 5.94. The Balaban J connectivity index is 1.77. The number of nitrogens with zero attached hydrogens (tertiary/aromatic N) is 2. The molecule has 0 bridgehead atoms. The van der Waals surface area contributed by atoms with Crippen molar-refractivity contribution in [3.05, 3.63) is 65.0 Å². The molecule has 0 amide bonds. The van der Waals surface area contributed by atoms with Gasteiger partial charge in [-0.1, -0.05) is 29.8 Å². The van der Waals surface area contributed by atoms with E-state index in [1.54, 1.807) is 19.1 Å². The van der Waals surface area contributed by atoms with Gasteiger partial charge in [-0.3, -0.25) is 0 Å². The van der Waals surface area contributed by atoms with E-state index in [2.05, 4.69) is 10.2 Å². The van der Waals surface area contributed by atoms with Gasteiger partial charge in [0.15, 0.2) is 6.10 Å². The van der Waals surface area contributed by atoms with Crippen molar-refractivity contribution in [3.8, 4) is 17.2 Å². The van der Waals surface area contributed by atoms with Crippen LogP contribution in [0.3, 0.4) is 0 Å². The molecule has 6 nitrogen and oxygen atoms in total. The van der Waals surface area contributed by atoms with Gasteiger partial charge in [0.25, 0.3) is 5.89 Å². The average Bonchev–Trinajstić information content (AvgIpc) is 3.12. The lowest BCUT2D eigenvalue weighted by Gasteiger charge is -2.12. The fourth-order valence-corrected chi connectivity index (χ4v) is 2.38. The van der Waals surface area contributed by atoms with Gasteiger partial charge in [0, 0.05) is 10.6 Å². The molecular formula is C18H15ClN2O4. The number of carbonyl (C=O) groups is 1. The van der Waals surface area contributed by atoms with Crippen LogP contribution in [0.4, 0.5) is 0 Å². The summed E-state index contributed by atoms with van der Waals surface area (Å²) in [6.07, 6.45) is -0.721. The highest BCUT2D eigenvalue weighted by Crippen LogP contribution is 2.27. The number of hydrogen-bond acceptors (Lipinski definition) is 6. The largest absolute Gasteiger partial charge is 0.496 e. The van der Waals surface area contributed by atoms with Crippen LogP contribution in [0.2, 0.25) is 5.02 Å². The molecule has 3 rings (SSSR count). The first-order valence-corrected chi connectivity index (χ1v) is 7.89. The lowest BCUT2D eigenvalue weighted by atomic mass is 10.2. The Hall–Kier alpha value is -2.86. The van der Waals surface area contributed by atoms with E-state index >= 15 is 0 Å². The number of hydrogen-bond donors (Lipinski definition) is 0. The molecule has 0 spiro atoms. The number of esters is 1. The van der Waals surface area contributed by atoms with Crippen LogP contribution in [0.5, 0.6) is 5.75 Å². The van der Waals surface area contributed by atoms with Gasteiger partial charge in [-0.2, -0.15) is 0 Å². The van der Waals surface area contributed by atoms with Gasteiger partial charge in [-0.05, 0) is 37.3 Å². The van der Waals surface area contributed by atoms with E-state index in [0.717, 1.165) is 5.56 Å². The summed E-state index contributed by atoms with van der Waals surface area (Å²) in [6.45, 7) is 1.65. The van der Waals surface area contributed by atoms with E-state index < -0.39 is 12.1 Å². The first-order valence-electron chi connectivity index (χ1n) is 7.52. The Morgan fingerprint density at radius 1 is 1.16 bits per heavy atom. The Bertz CT molecular complexity index is 880. The maximum absolute atomic E-state index is 12.4. The Morgan fingerprint density at radius 3 is 2.64 bits per heavy atom. The summed E-state index contributed by atoms with van der Waals surface area (Å²) in [4.78, 5) is 12.4. The molecule has 1 unspecified atom stereocenters. The molecule has 3 aromatic rings. The molecule has 0 radical (unpaired) electrons. The number of benzene rings is 2. The molecule has 0 saturated carbocycles. The third-order valence-corrected chi connectivity index (χ3v) is 3.71. The molecule has 0 fully saturated rings. The highest BCUT2D eigenvalue weighted by Gasteiger charge is 2.22. The molecule has 7 heteroatoms. The number of aromatic nitrogens is 2. The van der Waals surface area contributed by atoms with Crippen LogP contribution in [0.25, 0.3) is 11.5 Å². The number of ether oxygens (including phenoxy) is 2. The van der Waals surface area contributed by atoms with E-state index in [4.69, 9.17) is 25.5 Å². The second kappa shape index (κ2) is 7.36. The van der Waals surface area contributed by atoms with Crippen LogP contribution >= 0.6 is 11.6 Å². The van der Waals surface area contributed by atoms with E-state index in [1.165, 1.54) is 13.2 Å². The zero-order valence-electron chi connectivity index (χ0n) is 13.6. The summed E-state index contributed by atoms with van der Waals surface area (Å²) in [5.74, 6) is 0.343. The van der Waals surface area contributed by atoms with Gasteiger partial charge in [0.2, 0.25) is 5.89 Å². The maximum atomic E-state index is 12.4. The molecule has 1 atom stereocenters. The number of rotatable bonds is 5. The zero-order chi connectivity index (χ0) is 17.8. The Kier molecular flexibility index (Phi) is 5.00. The molecular weight excluding hydrogens is 344 g/mol. The van der Waals surface area contributed by atoms with Crippen molar-refractivity contribution >= 4 is 17.6 Å². The van der Waals surface area contributed by atoms with E-state index in [-0.39, 0.29) is 11.5 Å². The van der Waals surface area contributed by atoms with Crippen molar-refractivity contribution < 1.29 is 18.7 Å². The highest BCUT2D eigenvalue weighted by molar-refractivity contribution is 6.31. The lowest BCUT2D eigenvalue weighted by molar-refractivity contribution is 0.0276. The van der Waals surface area contributed by atoms with Crippen molar-refractivity contribution in [2.24, 2.45) is 0 Å². The second-order valence-corrected chi connectivity index (χ2v) is 5.64. The predicted octanol–water partition coefficient (Wildman–Crippen LogP) is 4.32. The van der Waals surface area contributed by atoms with E-state index in [1.807, 2.05) is 30.3 Å². The number of methoxy groups -OCH3 is 1. The Labute approximate surface area is 149 Å². The van der Waals surface area contributed by atoms with Crippen molar-refractivity contribution in [2.75, 3.05) is 7.11 Å². The Morgan fingerprint density at radius 2 is 1.92 bits per heavy atom. The normalized spacial score (nSPS) is 11.8. The quantitative estimate of drug-likeness (QED) is 0.632. The maximum Gasteiger partial charge on any atom is 0.342 e. The fourth-order valence-electron chi connectivity index (χ4n) is 2.21. The minimum absolute atomic E-state index is 0.202. The smallest absolute Gasteiger partial charge is 0.342 e. The van der Waals surface area contributed by atoms with E-state index in [0.29, 0.717) is 16.7 Å². The SMILES string of the molecule is COc1ccc(Cl)cc1C(=O)OC(C)c1nnc(-c2ccccc2)o1. The van der Waals surface area contributed by atoms with Crippen molar-refractivity contribution in [2.45, 2.75) is 13.0 Å². The third kappa shape index (κ3) is 3.80. The summed E-state index contributed by atoms with van der Waals surface area (Å²) in [5, 5.41) is 8.34. The fraction of sp³-hybridized carbons (Fsp3) is 0.167. The van der Waals surface area contributed by atoms with Crippen LogP contribution in [0.1, 0.15) is 29.3 Å². The molecule has 0 aliphatic carbocycles. The van der Waals surface area contributed by atoms with Crippen LogP contribution in [-0.4, -0.2) is 23.3 Å². The van der Waals surface area contributed by atoms with E-state index in [9.17, 15) is 4.79 Å².